The number of sulfonamides is 1. The van der Waals surface area contributed by atoms with Crippen molar-refractivity contribution in [3.05, 3.63) is 80.2 Å². The van der Waals surface area contributed by atoms with Crippen LogP contribution in [0.3, 0.4) is 0 Å². The summed E-state index contributed by atoms with van der Waals surface area (Å²) in [5, 5.41) is 1.04. The lowest BCUT2D eigenvalue weighted by Gasteiger charge is -2.33. The van der Waals surface area contributed by atoms with Crippen LogP contribution in [-0.4, -0.2) is 31.0 Å². The minimum atomic E-state index is -3.65. The van der Waals surface area contributed by atoms with Crippen LogP contribution in [0.25, 0.3) is 11.0 Å². The van der Waals surface area contributed by atoms with Gasteiger partial charge in [-0.1, -0.05) is 35.9 Å². The Bertz CT molecular complexity index is 1350. The van der Waals surface area contributed by atoms with Gasteiger partial charge in [-0.15, -0.1) is 0 Å². The van der Waals surface area contributed by atoms with Crippen LogP contribution in [0.15, 0.2) is 51.7 Å². The van der Waals surface area contributed by atoms with Gasteiger partial charge < -0.3 is 9.15 Å². The zero-order valence-electron chi connectivity index (χ0n) is 16.9. The molecule has 0 spiro atoms. The quantitative estimate of drug-likeness (QED) is 0.437. The van der Waals surface area contributed by atoms with E-state index in [1.807, 2.05) is 24.3 Å². The molecule has 162 valence electrons. The lowest BCUT2D eigenvalue weighted by atomic mass is 9.96. The molecule has 1 aliphatic heterocycles. The summed E-state index contributed by atoms with van der Waals surface area (Å²) in [5.74, 6) is -0.681. The molecular weight excluding hydrogens is 442 g/mol. The van der Waals surface area contributed by atoms with Crippen molar-refractivity contribution < 1.29 is 22.4 Å². The number of benzene rings is 2. The first kappa shape index (κ1) is 21.5. The maximum atomic E-state index is 12.9. The van der Waals surface area contributed by atoms with Crippen LogP contribution in [0.4, 0.5) is 0 Å². The van der Waals surface area contributed by atoms with E-state index in [1.54, 1.807) is 19.1 Å². The topological polar surface area (TPSA) is 93.9 Å². The first-order valence-electron chi connectivity index (χ1n) is 9.56. The van der Waals surface area contributed by atoms with Crippen molar-refractivity contribution in [3.8, 4) is 0 Å². The number of aryl methyl sites for hydroxylation is 1. The highest BCUT2D eigenvalue weighted by atomic mass is 35.5. The number of halogens is 1. The second kappa shape index (κ2) is 8.11. The molecular formula is C22H20ClNO6S. The summed E-state index contributed by atoms with van der Waals surface area (Å²) in [7, 11) is -3.65. The summed E-state index contributed by atoms with van der Waals surface area (Å²) in [4.78, 5) is 24.9. The number of fused-ring (bicyclic) bond motifs is 2. The Morgan fingerprint density at radius 3 is 2.65 bits per heavy atom. The van der Waals surface area contributed by atoms with E-state index >= 15 is 0 Å². The van der Waals surface area contributed by atoms with Gasteiger partial charge >= 0.3 is 11.6 Å². The van der Waals surface area contributed by atoms with Gasteiger partial charge in [-0.05, 0) is 35.7 Å². The third-order valence-corrected chi connectivity index (χ3v) is 7.03. The van der Waals surface area contributed by atoms with Crippen molar-refractivity contribution in [2.24, 2.45) is 0 Å². The van der Waals surface area contributed by atoms with Crippen LogP contribution < -0.4 is 5.63 Å². The fraction of sp³-hybridized carbons (Fsp3) is 0.273. The highest BCUT2D eigenvalue weighted by Crippen LogP contribution is 2.28. The van der Waals surface area contributed by atoms with Gasteiger partial charge in [0.15, 0.2) is 0 Å². The fourth-order valence-electron chi connectivity index (χ4n) is 3.76. The first-order valence-corrected chi connectivity index (χ1v) is 11.8. The number of esters is 1. The van der Waals surface area contributed by atoms with E-state index in [1.165, 1.54) is 6.07 Å². The first-order chi connectivity index (χ1) is 14.6. The number of hydrogen-bond donors (Lipinski definition) is 0. The lowest BCUT2D eigenvalue weighted by molar-refractivity contribution is -0.150. The normalized spacial score (nSPS) is 16.8. The molecule has 2 heterocycles. The molecule has 1 atom stereocenters. The summed E-state index contributed by atoms with van der Waals surface area (Å²) in [6.45, 7) is 1.67. The molecule has 0 radical (unpaired) electrons. The van der Waals surface area contributed by atoms with E-state index in [4.69, 9.17) is 20.8 Å². The maximum Gasteiger partial charge on any atom is 0.336 e. The molecule has 3 aromatic rings. The third kappa shape index (κ3) is 4.37. The van der Waals surface area contributed by atoms with Gasteiger partial charge in [-0.2, -0.15) is 4.31 Å². The number of rotatable bonds is 4. The van der Waals surface area contributed by atoms with Gasteiger partial charge in [-0.25, -0.2) is 13.2 Å². The van der Waals surface area contributed by atoms with Gasteiger partial charge in [0.1, 0.15) is 18.2 Å². The zero-order valence-corrected chi connectivity index (χ0v) is 18.5. The lowest BCUT2D eigenvalue weighted by Crippen LogP contribution is -2.48. The molecule has 7 nitrogen and oxygen atoms in total. The predicted molar refractivity (Wildman–Crippen MR) is 116 cm³/mol. The number of ether oxygens (including phenoxy) is 1. The Hall–Kier alpha value is -2.68. The van der Waals surface area contributed by atoms with E-state index in [2.05, 4.69) is 0 Å². The minimum absolute atomic E-state index is 0.0987. The number of nitrogens with zero attached hydrogens (tertiary/aromatic N) is 1. The van der Waals surface area contributed by atoms with Crippen LogP contribution in [0.2, 0.25) is 5.02 Å². The number of hydrogen-bond acceptors (Lipinski definition) is 6. The maximum absolute atomic E-state index is 12.9. The van der Waals surface area contributed by atoms with Crippen LogP contribution in [0.1, 0.15) is 22.3 Å². The summed E-state index contributed by atoms with van der Waals surface area (Å²) >= 11 is 6.20. The molecule has 0 bridgehead atoms. The molecule has 0 N–H and O–H groups in total. The molecule has 0 aliphatic carbocycles. The van der Waals surface area contributed by atoms with Crippen molar-refractivity contribution >= 4 is 38.6 Å². The molecule has 4 rings (SSSR count). The minimum Gasteiger partial charge on any atom is -0.460 e. The Labute approximate surface area is 184 Å². The summed E-state index contributed by atoms with van der Waals surface area (Å²) in [5.41, 5.74) is 2.69. The fourth-order valence-corrected chi connectivity index (χ4v) is 4.92. The van der Waals surface area contributed by atoms with Gasteiger partial charge in [0.05, 0.1) is 6.26 Å². The molecule has 2 aromatic carbocycles. The van der Waals surface area contributed by atoms with Gasteiger partial charge in [0.2, 0.25) is 10.0 Å². The Balaban J connectivity index is 1.62. The summed E-state index contributed by atoms with van der Waals surface area (Å²) < 4.78 is 36.5. The summed E-state index contributed by atoms with van der Waals surface area (Å²) in [6, 6.07) is 10.9. The Morgan fingerprint density at radius 2 is 1.94 bits per heavy atom. The average Bonchev–Trinajstić information content (AvgIpc) is 2.71. The molecule has 31 heavy (non-hydrogen) atoms. The largest absolute Gasteiger partial charge is 0.460 e. The van der Waals surface area contributed by atoms with Crippen LogP contribution in [0, 0.1) is 6.92 Å². The van der Waals surface area contributed by atoms with Gasteiger partial charge in [0.25, 0.3) is 0 Å². The number of carbonyl (C=O) groups excluding carboxylic acids is 1. The van der Waals surface area contributed by atoms with Crippen LogP contribution in [0.5, 0.6) is 0 Å². The van der Waals surface area contributed by atoms with E-state index < -0.39 is 27.7 Å². The Morgan fingerprint density at radius 1 is 1.23 bits per heavy atom. The molecule has 0 saturated carbocycles. The van der Waals surface area contributed by atoms with E-state index in [9.17, 15) is 18.0 Å². The number of carbonyl (C=O) groups is 1. The smallest absolute Gasteiger partial charge is 0.336 e. The molecule has 0 unspecified atom stereocenters. The molecule has 1 aliphatic rings. The summed E-state index contributed by atoms with van der Waals surface area (Å²) in [6.07, 6.45) is 1.28. The monoisotopic (exact) mass is 461 g/mol. The third-order valence-electron chi connectivity index (χ3n) is 5.38. The SMILES string of the molecule is Cc1cc2oc(=O)cc(COC(=O)[C@H]3Cc4ccccc4CN3S(C)(=O)=O)c2cc1Cl. The molecule has 1 aromatic heterocycles. The van der Waals surface area contributed by atoms with Crippen molar-refractivity contribution in [2.45, 2.75) is 32.5 Å². The van der Waals surface area contributed by atoms with Crippen LogP contribution in [-0.2, 0) is 39.1 Å². The van der Waals surface area contributed by atoms with E-state index in [0.29, 0.717) is 21.6 Å². The van der Waals surface area contributed by atoms with Crippen molar-refractivity contribution in [3.63, 3.8) is 0 Å². The second-order valence-corrected chi connectivity index (χ2v) is 9.94. The zero-order chi connectivity index (χ0) is 22.3. The van der Waals surface area contributed by atoms with Crippen molar-refractivity contribution in [1.82, 2.24) is 4.31 Å². The highest BCUT2D eigenvalue weighted by molar-refractivity contribution is 7.88. The van der Waals surface area contributed by atoms with Gasteiger partial charge in [-0.3, -0.25) is 4.79 Å². The van der Waals surface area contributed by atoms with Gasteiger partial charge in [0, 0.05) is 35.0 Å². The molecule has 0 fully saturated rings. The Kier molecular flexibility index (Phi) is 5.63. The van der Waals surface area contributed by atoms with E-state index in [-0.39, 0.29) is 19.6 Å². The molecule has 0 amide bonds. The van der Waals surface area contributed by atoms with Crippen molar-refractivity contribution in [1.29, 1.82) is 0 Å². The standard InChI is InChI=1S/C22H20ClNO6S/c1-13-7-20-17(10-18(13)23)16(9-21(25)30-20)12-29-22(26)19-8-14-5-3-4-6-15(14)11-24(19)31(2,27)28/h3-7,9-10,19H,8,11-12H2,1-2H3/t19-/m1/s1. The molecule has 9 heteroatoms. The predicted octanol–water partition coefficient (Wildman–Crippen LogP) is 3.18. The molecule has 0 saturated heterocycles. The van der Waals surface area contributed by atoms with Crippen molar-refractivity contribution in [2.75, 3.05) is 6.26 Å². The van der Waals surface area contributed by atoms with Crippen LogP contribution >= 0.6 is 11.6 Å². The second-order valence-electron chi connectivity index (χ2n) is 7.59. The highest BCUT2D eigenvalue weighted by Gasteiger charge is 2.37. The van der Waals surface area contributed by atoms with E-state index in [0.717, 1.165) is 27.3 Å². The average molecular weight is 462 g/mol.